The molecule has 2 heteroatoms. The minimum atomic E-state index is -0.159. The molecule has 1 atom stereocenters. The van der Waals surface area contributed by atoms with Gasteiger partial charge in [-0.25, -0.2) is 0 Å². The lowest BCUT2D eigenvalue weighted by atomic mass is 9.84. The Labute approximate surface area is 88.5 Å². The fourth-order valence-electron chi connectivity index (χ4n) is 1.18. The molecule has 1 unspecified atom stereocenters. The summed E-state index contributed by atoms with van der Waals surface area (Å²) in [6.45, 7) is 6.27. The number of rotatable bonds is 2. The average molecular weight is 242 g/mol. The van der Waals surface area contributed by atoms with E-state index in [4.69, 9.17) is 5.73 Å². The van der Waals surface area contributed by atoms with Crippen LogP contribution in [-0.2, 0) is 0 Å². The normalized spacial score (nSPS) is 14.2. The second-order valence-electron chi connectivity index (χ2n) is 4.09. The highest BCUT2D eigenvalue weighted by Crippen LogP contribution is 2.26. The largest absolute Gasteiger partial charge is 0.325 e. The molecule has 0 fully saturated rings. The van der Waals surface area contributed by atoms with Gasteiger partial charge in [0, 0.05) is 10.0 Å². The van der Waals surface area contributed by atoms with Crippen molar-refractivity contribution in [3.8, 4) is 0 Å². The molecule has 0 amide bonds. The highest BCUT2D eigenvalue weighted by molar-refractivity contribution is 9.10. The van der Waals surface area contributed by atoms with Gasteiger partial charge in [-0.2, -0.15) is 0 Å². The fraction of sp³-hybridized carbons (Fsp3) is 0.455. The second kappa shape index (κ2) is 3.81. The molecule has 0 spiro atoms. The first kappa shape index (κ1) is 10.7. The summed E-state index contributed by atoms with van der Waals surface area (Å²) in [5.74, 6) is 0.376. The van der Waals surface area contributed by atoms with Crippen molar-refractivity contribution in [1.29, 1.82) is 0 Å². The Hall–Kier alpha value is -0.340. The molecule has 0 aliphatic carbocycles. The molecule has 1 nitrogen and oxygen atoms in total. The van der Waals surface area contributed by atoms with Crippen molar-refractivity contribution in [3.05, 3.63) is 34.3 Å². The van der Waals surface area contributed by atoms with Crippen LogP contribution in [0.15, 0.2) is 28.7 Å². The summed E-state index contributed by atoms with van der Waals surface area (Å²) >= 11 is 3.41. The Morgan fingerprint density at radius 1 is 1.23 bits per heavy atom. The van der Waals surface area contributed by atoms with Gasteiger partial charge < -0.3 is 5.73 Å². The molecule has 13 heavy (non-hydrogen) atoms. The average Bonchev–Trinajstić information content (AvgIpc) is 2.03. The molecule has 1 rings (SSSR count). The summed E-state index contributed by atoms with van der Waals surface area (Å²) in [7, 11) is 0. The number of benzene rings is 1. The van der Waals surface area contributed by atoms with Crippen LogP contribution in [0.5, 0.6) is 0 Å². The van der Waals surface area contributed by atoms with Gasteiger partial charge in [0.25, 0.3) is 0 Å². The van der Waals surface area contributed by atoms with Crippen molar-refractivity contribution in [2.75, 3.05) is 0 Å². The van der Waals surface area contributed by atoms with Crippen LogP contribution >= 0.6 is 15.9 Å². The first-order chi connectivity index (χ1) is 5.91. The van der Waals surface area contributed by atoms with Gasteiger partial charge in [0.1, 0.15) is 0 Å². The first-order valence-electron chi connectivity index (χ1n) is 4.45. The molecule has 0 saturated carbocycles. The van der Waals surface area contributed by atoms with Gasteiger partial charge in [-0.05, 0) is 37.5 Å². The summed E-state index contributed by atoms with van der Waals surface area (Å²) in [5, 5.41) is 0. The Morgan fingerprint density at radius 3 is 2.08 bits per heavy atom. The highest BCUT2D eigenvalue weighted by Gasteiger charge is 2.21. The van der Waals surface area contributed by atoms with E-state index in [0.717, 1.165) is 4.47 Å². The fourth-order valence-corrected chi connectivity index (χ4v) is 1.45. The number of hydrogen-bond acceptors (Lipinski definition) is 1. The SMILES string of the molecule is CC(c1ccc(Br)cc1)C(C)(C)N. The van der Waals surface area contributed by atoms with Crippen molar-refractivity contribution in [2.45, 2.75) is 32.2 Å². The second-order valence-corrected chi connectivity index (χ2v) is 5.01. The van der Waals surface area contributed by atoms with E-state index in [0.29, 0.717) is 5.92 Å². The molecule has 1 aromatic rings. The Kier molecular flexibility index (Phi) is 3.14. The lowest BCUT2D eigenvalue weighted by Crippen LogP contribution is -2.37. The highest BCUT2D eigenvalue weighted by atomic mass is 79.9. The van der Waals surface area contributed by atoms with Crippen LogP contribution in [0.2, 0.25) is 0 Å². The standard InChI is InChI=1S/C11H16BrN/c1-8(11(2,3)13)9-4-6-10(12)7-5-9/h4-8H,13H2,1-3H3. The third-order valence-electron chi connectivity index (χ3n) is 2.49. The quantitative estimate of drug-likeness (QED) is 0.846. The maximum atomic E-state index is 6.04. The molecule has 1 aromatic carbocycles. The molecule has 0 saturated heterocycles. The molecular weight excluding hydrogens is 226 g/mol. The molecule has 0 bridgehead atoms. The predicted octanol–water partition coefficient (Wildman–Crippen LogP) is 3.29. The Balaban J connectivity index is 2.90. The lowest BCUT2D eigenvalue weighted by molar-refractivity contribution is 0.435. The molecule has 72 valence electrons. The van der Waals surface area contributed by atoms with Crippen molar-refractivity contribution >= 4 is 15.9 Å². The van der Waals surface area contributed by atoms with Crippen molar-refractivity contribution < 1.29 is 0 Å². The zero-order valence-electron chi connectivity index (χ0n) is 8.34. The van der Waals surface area contributed by atoms with Crippen molar-refractivity contribution in [2.24, 2.45) is 5.73 Å². The lowest BCUT2D eigenvalue weighted by Gasteiger charge is -2.27. The molecule has 0 aliphatic heterocycles. The third kappa shape index (κ3) is 2.82. The van der Waals surface area contributed by atoms with E-state index < -0.39 is 0 Å². The third-order valence-corrected chi connectivity index (χ3v) is 3.01. The molecule has 2 N–H and O–H groups in total. The Morgan fingerprint density at radius 2 is 1.69 bits per heavy atom. The van der Waals surface area contributed by atoms with Crippen LogP contribution in [0.1, 0.15) is 32.3 Å². The van der Waals surface area contributed by atoms with Crippen LogP contribution in [0.4, 0.5) is 0 Å². The predicted molar refractivity (Wildman–Crippen MR) is 60.8 cm³/mol. The van der Waals surface area contributed by atoms with E-state index in [2.05, 4.69) is 61.0 Å². The van der Waals surface area contributed by atoms with Gasteiger partial charge in [0.05, 0.1) is 0 Å². The van der Waals surface area contributed by atoms with Gasteiger partial charge in [-0.15, -0.1) is 0 Å². The number of nitrogens with two attached hydrogens (primary N) is 1. The summed E-state index contributed by atoms with van der Waals surface area (Å²) in [5.41, 5.74) is 7.17. The monoisotopic (exact) mass is 241 g/mol. The van der Waals surface area contributed by atoms with E-state index >= 15 is 0 Å². The molecular formula is C11H16BrN. The van der Waals surface area contributed by atoms with Crippen LogP contribution in [-0.4, -0.2) is 5.54 Å². The molecule has 0 aromatic heterocycles. The van der Waals surface area contributed by atoms with E-state index in [9.17, 15) is 0 Å². The maximum Gasteiger partial charge on any atom is 0.0175 e. The van der Waals surface area contributed by atoms with E-state index in [1.807, 2.05) is 0 Å². The van der Waals surface area contributed by atoms with E-state index in [1.54, 1.807) is 0 Å². The van der Waals surface area contributed by atoms with E-state index in [1.165, 1.54) is 5.56 Å². The van der Waals surface area contributed by atoms with Gasteiger partial charge in [0.2, 0.25) is 0 Å². The molecule has 0 aliphatic rings. The summed E-state index contributed by atoms with van der Waals surface area (Å²) in [4.78, 5) is 0. The smallest absolute Gasteiger partial charge is 0.0175 e. The van der Waals surface area contributed by atoms with Gasteiger partial charge in [-0.1, -0.05) is 35.0 Å². The summed E-state index contributed by atoms with van der Waals surface area (Å²) in [6, 6.07) is 8.34. The summed E-state index contributed by atoms with van der Waals surface area (Å²) < 4.78 is 1.11. The minimum absolute atomic E-state index is 0.159. The summed E-state index contributed by atoms with van der Waals surface area (Å²) in [6.07, 6.45) is 0. The number of hydrogen-bond donors (Lipinski definition) is 1. The van der Waals surface area contributed by atoms with Crippen molar-refractivity contribution in [1.82, 2.24) is 0 Å². The van der Waals surface area contributed by atoms with Crippen LogP contribution in [0.3, 0.4) is 0 Å². The zero-order chi connectivity index (χ0) is 10.1. The topological polar surface area (TPSA) is 26.0 Å². The number of halogens is 1. The van der Waals surface area contributed by atoms with Crippen LogP contribution in [0.25, 0.3) is 0 Å². The van der Waals surface area contributed by atoms with Gasteiger partial charge in [-0.3, -0.25) is 0 Å². The van der Waals surface area contributed by atoms with Crippen molar-refractivity contribution in [3.63, 3.8) is 0 Å². The zero-order valence-corrected chi connectivity index (χ0v) is 9.93. The molecule has 0 heterocycles. The Bertz CT molecular complexity index is 271. The van der Waals surface area contributed by atoms with Gasteiger partial charge >= 0.3 is 0 Å². The first-order valence-corrected chi connectivity index (χ1v) is 5.25. The van der Waals surface area contributed by atoms with E-state index in [-0.39, 0.29) is 5.54 Å². The molecule has 0 radical (unpaired) electrons. The minimum Gasteiger partial charge on any atom is -0.325 e. The van der Waals surface area contributed by atoms with Gasteiger partial charge in [0.15, 0.2) is 0 Å². The van der Waals surface area contributed by atoms with Crippen LogP contribution in [0, 0.1) is 0 Å². The van der Waals surface area contributed by atoms with Crippen LogP contribution < -0.4 is 5.73 Å². The maximum absolute atomic E-state index is 6.04.